The van der Waals surface area contributed by atoms with Crippen LogP contribution in [0.1, 0.15) is 40.5 Å². The standard InChI is InChI=1S/C24H21F2NO4.C3H7NO/c1-13-9-15(11-14-7-8-19(31-24(25)26)20(12-14)30-2)22-17(10-13)21(23(28)29)16-5-3-4-6-18(16)27-22;1-4(2)3-5/h3-8,11-13,24H,9-10H2,1-2H3,(H,28,29);3H,1-2H3/b15-11+;. The maximum absolute atomic E-state index is 12.6. The quantitative estimate of drug-likeness (QED) is 0.460. The van der Waals surface area contributed by atoms with E-state index in [1.807, 2.05) is 12.1 Å². The molecule has 190 valence electrons. The van der Waals surface area contributed by atoms with Gasteiger partial charge in [-0.1, -0.05) is 31.2 Å². The van der Waals surface area contributed by atoms with Gasteiger partial charge in [0.15, 0.2) is 11.5 Å². The number of methoxy groups -OCH3 is 1. The molecule has 3 aromatic rings. The van der Waals surface area contributed by atoms with E-state index in [1.54, 1.807) is 44.4 Å². The molecule has 0 fully saturated rings. The highest BCUT2D eigenvalue weighted by molar-refractivity contribution is 6.06. The molecule has 1 N–H and O–H groups in total. The second-order valence-electron chi connectivity index (χ2n) is 8.68. The van der Waals surface area contributed by atoms with Gasteiger partial charge < -0.3 is 19.5 Å². The van der Waals surface area contributed by atoms with Crippen LogP contribution in [0.3, 0.4) is 0 Å². The predicted molar refractivity (Wildman–Crippen MR) is 133 cm³/mol. The normalized spacial score (nSPS) is 15.6. The number of aromatic nitrogens is 1. The van der Waals surface area contributed by atoms with Crippen molar-refractivity contribution >= 4 is 34.9 Å². The van der Waals surface area contributed by atoms with Gasteiger partial charge in [0.05, 0.1) is 23.9 Å². The van der Waals surface area contributed by atoms with Crippen LogP contribution in [0.2, 0.25) is 0 Å². The van der Waals surface area contributed by atoms with E-state index >= 15 is 0 Å². The summed E-state index contributed by atoms with van der Waals surface area (Å²) in [6.07, 6.45) is 3.99. The van der Waals surface area contributed by atoms with Gasteiger partial charge in [0.2, 0.25) is 6.41 Å². The fourth-order valence-electron chi connectivity index (χ4n) is 4.15. The molecule has 1 amide bonds. The number of rotatable bonds is 6. The monoisotopic (exact) mass is 498 g/mol. The van der Waals surface area contributed by atoms with Gasteiger partial charge in [-0.15, -0.1) is 0 Å². The Morgan fingerprint density at radius 3 is 2.47 bits per heavy atom. The van der Waals surface area contributed by atoms with E-state index in [1.165, 1.54) is 18.1 Å². The average Bonchev–Trinajstić information content (AvgIpc) is 2.83. The SMILES string of the molecule is CN(C)C=O.COc1cc(/C=C2\CC(C)Cc3c2nc2ccccc2c3C(=O)O)ccc1OC(F)F. The van der Waals surface area contributed by atoms with Crippen LogP contribution in [-0.2, 0) is 11.2 Å². The van der Waals surface area contributed by atoms with Gasteiger partial charge in [0, 0.05) is 19.5 Å². The molecule has 1 heterocycles. The van der Waals surface area contributed by atoms with Crippen LogP contribution in [0.15, 0.2) is 42.5 Å². The number of ether oxygens (including phenoxy) is 2. The highest BCUT2D eigenvalue weighted by Crippen LogP contribution is 2.39. The lowest BCUT2D eigenvalue weighted by molar-refractivity contribution is -0.115. The molecule has 0 radical (unpaired) electrons. The van der Waals surface area contributed by atoms with Gasteiger partial charge in [-0.05, 0) is 59.7 Å². The fourth-order valence-corrected chi connectivity index (χ4v) is 4.15. The second-order valence-corrected chi connectivity index (χ2v) is 8.68. The fraction of sp³-hybridized carbons (Fsp3) is 0.296. The number of carboxylic acids is 1. The highest BCUT2D eigenvalue weighted by atomic mass is 19.3. The maximum Gasteiger partial charge on any atom is 0.387 e. The lowest BCUT2D eigenvalue weighted by Gasteiger charge is -2.26. The van der Waals surface area contributed by atoms with Crippen molar-refractivity contribution in [1.29, 1.82) is 0 Å². The molecule has 7 nitrogen and oxygen atoms in total. The Morgan fingerprint density at radius 1 is 1.17 bits per heavy atom. The van der Waals surface area contributed by atoms with E-state index in [2.05, 4.69) is 11.7 Å². The van der Waals surface area contributed by atoms with Gasteiger partial charge in [-0.25, -0.2) is 9.78 Å². The molecule has 9 heteroatoms. The number of alkyl halides is 2. The molecule has 4 rings (SSSR count). The van der Waals surface area contributed by atoms with Crippen molar-refractivity contribution in [1.82, 2.24) is 9.88 Å². The van der Waals surface area contributed by atoms with Crippen molar-refractivity contribution in [3.05, 3.63) is 64.8 Å². The van der Waals surface area contributed by atoms with Crippen molar-refractivity contribution in [3.8, 4) is 11.5 Å². The van der Waals surface area contributed by atoms with E-state index in [0.29, 0.717) is 23.0 Å². The molecular formula is C27H28F2N2O5. The molecule has 1 aliphatic carbocycles. The number of nitrogens with zero attached hydrogens (tertiary/aromatic N) is 2. The second kappa shape index (κ2) is 11.6. The molecule has 0 aliphatic heterocycles. The first kappa shape index (κ1) is 26.6. The number of benzene rings is 2. The van der Waals surface area contributed by atoms with Gasteiger partial charge in [0.25, 0.3) is 0 Å². The number of hydrogen-bond donors (Lipinski definition) is 1. The molecule has 1 aliphatic rings. The molecule has 1 aromatic heterocycles. The summed E-state index contributed by atoms with van der Waals surface area (Å²) < 4.78 is 34.9. The number of pyridine rings is 1. The third kappa shape index (κ3) is 6.16. The topological polar surface area (TPSA) is 89.0 Å². The van der Waals surface area contributed by atoms with Crippen molar-refractivity contribution in [2.45, 2.75) is 26.4 Å². The minimum Gasteiger partial charge on any atom is -0.493 e. The Kier molecular flexibility index (Phi) is 8.58. The Bertz CT molecular complexity index is 1290. The van der Waals surface area contributed by atoms with E-state index in [9.17, 15) is 23.5 Å². The zero-order valence-electron chi connectivity index (χ0n) is 20.5. The van der Waals surface area contributed by atoms with E-state index in [4.69, 9.17) is 9.72 Å². The van der Waals surface area contributed by atoms with Crippen LogP contribution >= 0.6 is 0 Å². The smallest absolute Gasteiger partial charge is 0.387 e. The number of carbonyl (C=O) groups excluding carboxylic acids is 1. The highest BCUT2D eigenvalue weighted by Gasteiger charge is 2.28. The van der Waals surface area contributed by atoms with Crippen molar-refractivity contribution in [3.63, 3.8) is 0 Å². The summed E-state index contributed by atoms with van der Waals surface area (Å²) >= 11 is 0. The lowest BCUT2D eigenvalue weighted by Crippen LogP contribution is -2.17. The molecule has 0 saturated heterocycles. The van der Waals surface area contributed by atoms with Crippen LogP contribution in [0.5, 0.6) is 11.5 Å². The molecule has 0 spiro atoms. The van der Waals surface area contributed by atoms with E-state index in [-0.39, 0.29) is 23.0 Å². The van der Waals surface area contributed by atoms with Gasteiger partial charge >= 0.3 is 12.6 Å². The maximum atomic E-state index is 12.6. The molecule has 1 atom stereocenters. The number of fused-ring (bicyclic) bond motifs is 2. The van der Waals surface area contributed by atoms with Crippen molar-refractivity contribution < 1.29 is 33.0 Å². The van der Waals surface area contributed by atoms with Crippen LogP contribution < -0.4 is 9.47 Å². The first-order chi connectivity index (χ1) is 17.1. The molecule has 0 saturated carbocycles. The third-order valence-electron chi connectivity index (χ3n) is 5.59. The summed E-state index contributed by atoms with van der Waals surface area (Å²) in [5.41, 5.74) is 3.92. The van der Waals surface area contributed by atoms with Gasteiger partial charge in [-0.2, -0.15) is 8.78 Å². The van der Waals surface area contributed by atoms with E-state index < -0.39 is 12.6 Å². The summed E-state index contributed by atoms with van der Waals surface area (Å²) in [4.78, 5) is 27.8. The zero-order valence-corrected chi connectivity index (χ0v) is 20.5. The number of allylic oxidation sites excluding steroid dienone is 1. The van der Waals surface area contributed by atoms with E-state index in [0.717, 1.165) is 29.5 Å². The molecule has 36 heavy (non-hydrogen) atoms. The summed E-state index contributed by atoms with van der Waals surface area (Å²) in [5, 5.41) is 10.6. The number of para-hydroxylation sites is 1. The number of aromatic carboxylic acids is 1. The number of amides is 1. The largest absolute Gasteiger partial charge is 0.493 e. The minimum atomic E-state index is -2.95. The predicted octanol–water partition coefficient (Wildman–Crippen LogP) is 5.37. The Hall–Kier alpha value is -4.01. The lowest BCUT2D eigenvalue weighted by atomic mass is 9.80. The van der Waals surface area contributed by atoms with Gasteiger partial charge in [-0.3, -0.25) is 4.79 Å². The molecular weight excluding hydrogens is 470 g/mol. The Balaban J connectivity index is 0.000000658. The van der Waals surface area contributed by atoms with Crippen LogP contribution in [0.25, 0.3) is 22.6 Å². The van der Waals surface area contributed by atoms with Gasteiger partial charge in [0.1, 0.15) is 0 Å². The van der Waals surface area contributed by atoms with Crippen LogP contribution in [-0.4, -0.2) is 55.2 Å². The number of carbonyl (C=O) groups is 2. The number of hydrogen-bond acceptors (Lipinski definition) is 5. The third-order valence-corrected chi connectivity index (χ3v) is 5.59. The van der Waals surface area contributed by atoms with Crippen molar-refractivity contribution in [2.75, 3.05) is 21.2 Å². The molecule has 1 unspecified atom stereocenters. The number of halogens is 2. The summed E-state index contributed by atoms with van der Waals surface area (Å²) in [6.45, 7) is -0.881. The molecule has 0 bridgehead atoms. The zero-order chi connectivity index (χ0) is 26.4. The minimum absolute atomic E-state index is 0.0469. The average molecular weight is 499 g/mol. The first-order valence-electron chi connectivity index (χ1n) is 11.2. The Labute approximate surface area is 208 Å². The summed E-state index contributed by atoms with van der Waals surface area (Å²) in [6, 6.07) is 11.9. The first-order valence-corrected chi connectivity index (χ1v) is 11.2. The molecule has 2 aromatic carbocycles. The summed E-state index contributed by atoms with van der Waals surface area (Å²) in [5.74, 6) is -0.604. The summed E-state index contributed by atoms with van der Waals surface area (Å²) in [7, 11) is 4.76. The Morgan fingerprint density at radius 2 is 1.86 bits per heavy atom. The number of carboxylic acid groups (broad SMARTS) is 1. The van der Waals surface area contributed by atoms with Crippen LogP contribution in [0, 0.1) is 5.92 Å². The van der Waals surface area contributed by atoms with Crippen LogP contribution in [0.4, 0.5) is 8.78 Å². The van der Waals surface area contributed by atoms with Crippen molar-refractivity contribution in [2.24, 2.45) is 5.92 Å².